The van der Waals surface area contributed by atoms with Crippen LogP contribution in [0.4, 0.5) is 0 Å². The van der Waals surface area contributed by atoms with Crippen molar-refractivity contribution in [1.29, 1.82) is 0 Å². The molecule has 0 saturated carbocycles. The van der Waals surface area contributed by atoms with Crippen molar-refractivity contribution < 1.29 is 0 Å². The fraction of sp³-hybridized carbons (Fsp3) is 0.667. The first kappa shape index (κ1) is 8.10. The molecule has 0 bridgehead atoms. The highest BCUT2D eigenvalue weighted by Gasteiger charge is 2.54. The third kappa shape index (κ3) is 0.608. The van der Waals surface area contributed by atoms with Gasteiger partial charge in [0.25, 0.3) is 0 Å². The van der Waals surface area contributed by atoms with E-state index in [0.29, 0.717) is 10.8 Å². The Balaban J connectivity index is 2.49. The second-order valence-corrected chi connectivity index (χ2v) is 4.79. The molecule has 12 heavy (non-hydrogen) atoms. The Morgan fingerprint density at radius 1 is 0.917 bits per heavy atom. The molecule has 0 amide bonds. The minimum atomic E-state index is 0.478. The molecule has 0 radical (unpaired) electrons. The lowest BCUT2D eigenvalue weighted by molar-refractivity contribution is 0.0946. The van der Waals surface area contributed by atoms with Crippen molar-refractivity contribution >= 4 is 0 Å². The topological polar surface area (TPSA) is 0 Å². The number of hydrogen-bond donors (Lipinski definition) is 0. The zero-order valence-corrected chi connectivity index (χ0v) is 8.57. The predicted molar refractivity (Wildman–Crippen MR) is 53.0 cm³/mol. The summed E-state index contributed by atoms with van der Waals surface area (Å²) in [6, 6.07) is 0. The molecule has 0 aromatic heterocycles. The molecule has 66 valence electrons. The molecule has 0 aromatic rings. The van der Waals surface area contributed by atoms with Crippen LogP contribution in [-0.2, 0) is 0 Å². The van der Waals surface area contributed by atoms with Gasteiger partial charge in [0, 0.05) is 10.8 Å². The largest absolute Gasteiger partial charge is 0.0876 e. The van der Waals surface area contributed by atoms with Crippen LogP contribution in [0.5, 0.6) is 0 Å². The van der Waals surface area contributed by atoms with Crippen LogP contribution in [0.15, 0.2) is 23.3 Å². The number of rotatable bonds is 0. The summed E-state index contributed by atoms with van der Waals surface area (Å²) in [5.41, 5.74) is 4.22. The van der Waals surface area contributed by atoms with Crippen LogP contribution >= 0.6 is 0 Å². The van der Waals surface area contributed by atoms with Gasteiger partial charge in [-0.05, 0) is 26.7 Å². The summed E-state index contributed by atoms with van der Waals surface area (Å²) in [5.74, 6) is 0. The van der Waals surface area contributed by atoms with Crippen molar-refractivity contribution in [2.24, 2.45) is 10.8 Å². The summed E-state index contributed by atoms with van der Waals surface area (Å²) in [5, 5.41) is 0. The highest BCUT2D eigenvalue weighted by atomic mass is 14.6. The Labute approximate surface area is 75.4 Å². The first-order valence-corrected chi connectivity index (χ1v) is 4.86. The van der Waals surface area contributed by atoms with Crippen molar-refractivity contribution in [1.82, 2.24) is 0 Å². The van der Waals surface area contributed by atoms with Gasteiger partial charge in [0.1, 0.15) is 0 Å². The number of hydrogen-bond acceptors (Lipinski definition) is 0. The molecule has 0 heteroatoms. The minimum Gasteiger partial charge on any atom is -0.0876 e. The van der Waals surface area contributed by atoms with Crippen LogP contribution in [0, 0.1) is 10.8 Å². The summed E-state index contributed by atoms with van der Waals surface area (Å²) >= 11 is 0. The lowest BCUT2D eigenvalue weighted by Gasteiger charge is -2.59. The highest BCUT2D eigenvalue weighted by Crippen LogP contribution is 2.65. The molecule has 0 unspecified atom stereocenters. The number of allylic oxidation sites excluding steroid dienone is 4. The zero-order valence-electron chi connectivity index (χ0n) is 8.57. The van der Waals surface area contributed by atoms with Gasteiger partial charge in [-0.2, -0.15) is 0 Å². The molecule has 2 atom stereocenters. The maximum Gasteiger partial charge on any atom is 0.00119 e. The maximum atomic E-state index is 2.42. The van der Waals surface area contributed by atoms with E-state index < -0.39 is 0 Å². The van der Waals surface area contributed by atoms with Gasteiger partial charge in [0.05, 0.1) is 0 Å². The summed E-state index contributed by atoms with van der Waals surface area (Å²) < 4.78 is 0. The highest BCUT2D eigenvalue weighted by molar-refractivity contribution is 5.43. The van der Waals surface area contributed by atoms with E-state index in [-0.39, 0.29) is 0 Å². The van der Waals surface area contributed by atoms with Gasteiger partial charge < -0.3 is 0 Å². The van der Waals surface area contributed by atoms with E-state index in [4.69, 9.17) is 0 Å². The average molecular weight is 162 g/mol. The molecule has 0 aliphatic heterocycles. The zero-order chi connectivity index (χ0) is 8.98. The summed E-state index contributed by atoms with van der Waals surface area (Å²) in [7, 11) is 0. The quantitative estimate of drug-likeness (QED) is 0.476. The molecular formula is C12H18. The van der Waals surface area contributed by atoms with Crippen LogP contribution in [0.1, 0.15) is 40.5 Å². The van der Waals surface area contributed by atoms with Crippen molar-refractivity contribution in [3.8, 4) is 0 Å². The molecular weight excluding hydrogens is 144 g/mol. The Bertz CT molecular complexity index is 254. The minimum absolute atomic E-state index is 0.478. The van der Waals surface area contributed by atoms with E-state index in [2.05, 4.69) is 39.8 Å². The molecule has 0 saturated heterocycles. The van der Waals surface area contributed by atoms with Crippen molar-refractivity contribution in [3.63, 3.8) is 0 Å². The Hall–Kier alpha value is -0.520. The summed E-state index contributed by atoms with van der Waals surface area (Å²) in [4.78, 5) is 0. The van der Waals surface area contributed by atoms with Gasteiger partial charge in [0.2, 0.25) is 0 Å². The monoisotopic (exact) mass is 162 g/mol. The van der Waals surface area contributed by atoms with E-state index in [1.54, 1.807) is 11.1 Å². The van der Waals surface area contributed by atoms with Gasteiger partial charge in [-0.15, -0.1) is 0 Å². The standard InChI is InChI=1S/C12H18/c1-9-10(2)12(4)8-6-5-7-11(9,12)3/h5-6H,7-8H2,1-4H3/t11-,12+. The average Bonchev–Trinajstić information content (AvgIpc) is 2.08. The van der Waals surface area contributed by atoms with E-state index >= 15 is 0 Å². The molecule has 0 nitrogen and oxygen atoms in total. The normalized spacial score (nSPS) is 45.7. The Morgan fingerprint density at radius 2 is 1.25 bits per heavy atom. The van der Waals surface area contributed by atoms with E-state index in [1.807, 2.05) is 0 Å². The van der Waals surface area contributed by atoms with Gasteiger partial charge in [-0.3, -0.25) is 0 Å². The van der Waals surface area contributed by atoms with Crippen LogP contribution in [0.2, 0.25) is 0 Å². The third-order valence-electron chi connectivity index (χ3n) is 4.65. The maximum absolute atomic E-state index is 2.42. The third-order valence-corrected chi connectivity index (χ3v) is 4.65. The molecule has 2 aliphatic carbocycles. The first-order valence-electron chi connectivity index (χ1n) is 4.86. The molecule has 0 fully saturated rings. The van der Waals surface area contributed by atoms with Crippen molar-refractivity contribution in [2.75, 3.05) is 0 Å². The predicted octanol–water partition coefficient (Wildman–Crippen LogP) is 3.70. The molecule has 0 heterocycles. The lowest BCUT2D eigenvalue weighted by Crippen LogP contribution is -2.49. The smallest absolute Gasteiger partial charge is 0.00119 e. The van der Waals surface area contributed by atoms with Crippen LogP contribution in [-0.4, -0.2) is 0 Å². The van der Waals surface area contributed by atoms with E-state index in [1.165, 1.54) is 12.8 Å². The van der Waals surface area contributed by atoms with Crippen molar-refractivity contribution in [3.05, 3.63) is 23.3 Å². The molecule has 2 rings (SSSR count). The Kier molecular flexibility index (Phi) is 1.38. The first-order chi connectivity index (χ1) is 5.52. The van der Waals surface area contributed by atoms with E-state index in [9.17, 15) is 0 Å². The SMILES string of the molecule is CC1=C(C)[C@@]2(C)CC=CC[C@@]12C. The Morgan fingerprint density at radius 3 is 1.58 bits per heavy atom. The second kappa shape index (κ2) is 2.04. The van der Waals surface area contributed by atoms with Gasteiger partial charge >= 0.3 is 0 Å². The van der Waals surface area contributed by atoms with Crippen LogP contribution in [0.25, 0.3) is 0 Å². The van der Waals surface area contributed by atoms with Gasteiger partial charge in [-0.25, -0.2) is 0 Å². The molecule has 2 aliphatic rings. The van der Waals surface area contributed by atoms with E-state index in [0.717, 1.165) is 0 Å². The lowest BCUT2D eigenvalue weighted by atomic mass is 9.45. The summed E-state index contributed by atoms with van der Waals surface area (Å²) in [6.07, 6.45) is 7.18. The van der Waals surface area contributed by atoms with Crippen LogP contribution in [0.3, 0.4) is 0 Å². The van der Waals surface area contributed by atoms with Crippen LogP contribution < -0.4 is 0 Å². The van der Waals surface area contributed by atoms with Gasteiger partial charge in [0.15, 0.2) is 0 Å². The number of fused-ring (bicyclic) bond motifs is 1. The molecule has 0 N–H and O–H groups in total. The van der Waals surface area contributed by atoms with Crippen molar-refractivity contribution in [2.45, 2.75) is 40.5 Å². The fourth-order valence-electron chi connectivity index (χ4n) is 2.99. The summed E-state index contributed by atoms with van der Waals surface area (Å²) in [6.45, 7) is 9.43. The fourth-order valence-corrected chi connectivity index (χ4v) is 2.99. The molecule has 0 spiro atoms. The van der Waals surface area contributed by atoms with Gasteiger partial charge in [-0.1, -0.05) is 37.1 Å². The second-order valence-electron chi connectivity index (χ2n) is 4.79. The molecule has 0 aromatic carbocycles.